The first-order valence-electron chi connectivity index (χ1n) is 9.27. The maximum atomic E-state index is 12.9. The van der Waals surface area contributed by atoms with Crippen molar-refractivity contribution in [1.82, 2.24) is 4.98 Å². The van der Waals surface area contributed by atoms with E-state index >= 15 is 0 Å². The fourth-order valence-electron chi connectivity index (χ4n) is 3.52. The average molecular weight is 434 g/mol. The number of imide groups is 1. The van der Waals surface area contributed by atoms with E-state index in [2.05, 4.69) is 11.1 Å². The number of nitrogens with zero attached hydrogens (tertiary/aromatic N) is 5. The third-order valence-electron chi connectivity index (χ3n) is 5.12. The molecule has 2 aromatic rings. The predicted octanol–water partition coefficient (Wildman–Crippen LogP) is 2.62. The van der Waals surface area contributed by atoms with E-state index in [4.69, 9.17) is 5.73 Å². The molecule has 1 aliphatic heterocycles. The first-order valence-corrected chi connectivity index (χ1v) is 10.1. The van der Waals surface area contributed by atoms with Crippen molar-refractivity contribution in [1.29, 1.82) is 10.5 Å². The minimum absolute atomic E-state index is 0.00472. The predicted molar refractivity (Wildman–Crippen MR) is 110 cm³/mol. The number of nitrogens with two attached hydrogens (primary N) is 1. The molecule has 2 amide bonds. The summed E-state index contributed by atoms with van der Waals surface area (Å²) < 4.78 is 0. The lowest BCUT2D eigenvalue weighted by Gasteiger charge is -2.16. The summed E-state index contributed by atoms with van der Waals surface area (Å²) in [6.07, 6.45) is 1.56. The van der Waals surface area contributed by atoms with Crippen LogP contribution in [0.25, 0.3) is 0 Å². The molecule has 1 saturated carbocycles. The average Bonchev–Trinajstić information content (AvgIpc) is 3.54. The highest BCUT2D eigenvalue weighted by Crippen LogP contribution is 2.46. The second-order valence-corrected chi connectivity index (χ2v) is 8.31. The Kier molecular flexibility index (Phi) is 5.05. The van der Waals surface area contributed by atoms with Gasteiger partial charge >= 0.3 is 0 Å². The molecule has 0 unspecified atom stereocenters. The van der Waals surface area contributed by atoms with Crippen molar-refractivity contribution in [3.8, 4) is 12.1 Å². The lowest BCUT2D eigenvalue weighted by atomic mass is 10.0. The third kappa shape index (κ3) is 3.56. The number of nitro benzene ring substituents is 1. The zero-order valence-corrected chi connectivity index (χ0v) is 16.8. The summed E-state index contributed by atoms with van der Waals surface area (Å²) in [5, 5.41) is 29.3. The van der Waals surface area contributed by atoms with Gasteiger partial charge in [0.25, 0.3) is 5.69 Å². The molecule has 1 saturated heterocycles. The SMILES string of the molecule is N#Cc1c(N)nc(S[C@H]2CC(=O)N(c3ccc([N+](=O)[O-])cc3)C2=O)c(C#N)c1C1CC1. The molecule has 31 heavy (non-hydrogen) atoms. The molecule has 1 atom stereocenters. The van der Waals surface area contributed by atoms with Crippen LogP contribution in [0.15, 0.2) is 29.3 Å². The number of rotatable bonds is 5. The quantitative estimate of drug-likeness (QED) is 0.422. The molecule has 1 aromatic heterocycles. The Bertz CT molecular complexity index is 1210. The van der Waals surface area contributed by atoms with Crippen LogP contribution in [0.1, 0.15) is 41.9 Å². The molecule has 10 nitrogen and oxygen atoms in total. The van der Waals surface area contributed by atoms with Gasteiger partial charge in [-0.05, 0) is 36.5 Å². The van der Waals surface area contributed by atoms with Crippen LogP contribution in [0.2, 0.25) is 0 Å². The van der Waals surface area contributed by atoms with Crippen LogP contribution in [0.4, 0.5) is 17.2 Å². The van der Waals surface area contributed by atoms with Crippen LogP contribution >= 0.6 is 11.8 Å². The number of amides is 2. The first kappa shape index (κ1) is 20.3. The normalized spacial score (nSPS) is 18.0. The molecule has 2 heterocycles. The van der Waals surface area contributed by atoms with Crippen LogP contribution in [0.3, 0.4) is 0 Å². The first-order chi connectivity index (χ1) is 14.8. The molecule has 2 fully saturated rings. The zero-order valence-electron chi connectivity index (χ0n) is 15.9. The molecule has 154 valence electrons. The van der Waals surface area contributed by atoms with Gasteiger partial charge in [0.1, 0.15) is 23.0 Å². The van der Waals surface area contributed by atoms with Crippen LogP contribution in [-0.4, -0.2) is 27.0 Å². The second-order valence-electron chi connectivity index (χ2n) is 7.12. The van der Waals surface area contributed by atoms with Gasteiger partial charge in [-0.3, -0.25) is 19.7 Å². The molecule has 2 N–H and O–H groups in total. The summed E-state index contributed by atoms with van der Waals surface area (Å²) in [6.45, 7) is 0. The van der Waals surface area contributed by atoms with E-state index in [-0.39, 0.29) is 45.7 Å². The summed E-state index contributed by atoms with van der Waals surface area (Å²) in [6, 6.07) is 9.21. The molecule has 0 bridgehead atoms. The van der Waals surface area contributed by atoms with Crippen molar-refractivity contribution in [3.05, 3.63) is 51.1 Å². The number of hydrogen-bond acceptors (Lipinski definition) is 9. The van der Waals surface area contributed by atoms with E-state index < -0.39 is 22.0 Å². The van der Waals surface area contributed by atoms with Crippen molar-refractivity contribution in [3.63, 3.8) is 0 Å². The Morgan fingerprint density at radius 3 is 2.35 bits per heavy atom. The van der Waals surface area contributed by atoms with E-state index in [1.807, 2.05) is 6.07 Å². The maximum absolute atomic E-state index is 12.9. The van der Waals surface area contributed by atoms with Gasteiger partial charge in [0.05, 0.1) is 27.0 Å². The molecule has 0 radical (unpaired) electrons. The number of aromatic nitrogens is 1. The lowest BCUT2D eigenvalue weighted by molar-refractivity contribution is -0.384. The van der Waals surface area contributed by atoms with Crippen molar-refractivity contribution >= 4 is 40.8 Å². The van der Waals surface area contributed by atoms with Crippen molar-refractivity contribution in [2.45, 2.75) is 35.5 Å². The maximum Gasteiger partial charge on any atom is 0.269 e. The fourth-order valence-corrected chi connectivity index (χ4v) is 4.64. The number of nitrogen functional groups attached to an aromatic ring is 1. The molecule has 1 aromatic carbocycles. The Morgan fingerprint density at radius 2 is 1.81 bits per heavy atom. The van der Waals surface area contributed by atoms with Gasteiger partial charge in [0.2, 0.25) is 11.8 Å². The van der Waals surface area contributed by atoms with Gasteiger partial charge in [-0.1, -0.05) is 11.8 Å². The minimum atomic E-state index is -0.832. The highest BCUT2D eigenvalue weighted by atomic mass is 32.2. The largest absolute Gasteiger partial charge is 0.383 e. The number of carbonyl (C=O) groups excluding carboxylic acids is 2. The number of nitriles is 2. The van der Waals surface area contributed by atoms with E-state index in [0.717, 1.165) is 29.5 Å². The Balaban J connectivity index is 1.65. The Labute approximate surface area is 180 Å². The van der Waals surface area contributed by atoms with Crippen molar-refractivity contribution in [2.75, 3.05) is 10.6 Å². The van der Waals surface area contributed by atoms with E-state index in [9.17, 15) is 30.2 Å². The Morgan fingerprint density at radius 1 is 1.16 bits per heavy atom. The molecular weight excluding hydrogens is 420 g/mol. The van der Waals surface area contributed by atoms with E-state index in [1.54, 1.807) is 0 Å². The minimum Gasteiger partial charge on any atom is -0.383 e. The fraction of sp³-hybridized carbons (Fsp3) is 0.250. The van der Waals surface area contributed by atoms with Crippen molar-refractivity contribution in [2.24, 2.45) is 0 Å². The van der Waals surface area contributed by atoms with Gasteiger partial charge in [-0.25, -0.2) is 9.88 Å². The number of hydrogen-bond donors (Lipinski definition) is 1. The Hall–Kier alpha value is -3.96. The van der Waals surface area contributed by atoms with Gasteiger partial charge in [0, 0.05) is 18.6 Å². The van der Waals surface area contributed by atoms with Gasteiger partial charge in [-0.15, -0.1) is 0 Å². The molecule has 0 spiro atoms. The summed E-state index contributed by atoms with van der Waals surface area (Å²) in [7, 11) is 0. The number of thioether (sulfide) groups is 1. The molecule has 11 heteroatoms. The van der Waals surface area contributed by atoms with Gasteiger partial charge in [-0.2, -0.15) is 10.5 Å². The van der Waals surface area contributed by atoms with Crippen LogP contribution in [-0.2, 0) is 9.59 Å². The monoisotopic (exact) mass is 434 g/mol. The van der Waals surface area contributed by atoms with Crippen molar-refractivity contribution < 1.29 is 14.5 Å². The van der Waals surface area contributed by atoms with Crippen LogP contribution in [0, 0.1) is 32.8 Å². The third-order valence-corrected chi connectivity index (χ3v) is 6.29. The number of anilines is 2. The lowest BCUT2D eigenvalue weighted by Crippen LogP contribution is -2.31. The molecule has 1 aliphatic carbocycles. The standard InChI is InChI=1S/C20H14N6O4S/c21-8-13-17(10-1-2-10)14(9-22)19(24-18(13)23)31-15-7-16(27)25(20(15)28)11-3-5-12(6-4-11)26(29)30/h3-6,10,15H,1-2,7H2,(H2,23,24)/t15-/m0/s1. The zero-order chi connectivity index (χ0) is 22.3. The topological polar surface area (TPSA) is 167 Å². The molecule has 4 rings (SSSR count). The number of pyridine rings is 1. The number of nitro groups is 1. The number of carbonyl (C=O) groups is 2. The summed E-state index contributed by atoms with van der Waals surface area (Å²) in [5.41, 5.74) is 6.98. The molecule has 2 aliphatic rings. The van der Waals surface area contributed by atoms with E-state index in [1.165, 1.54) is 24.3 Å². The van der Waals surface area contributed by atoms with E-state index in [0.29, 0.717) is 5.56 Å². The van der Waals surface area contributed by atoms with Crippen LogP contribution in [0.5, 0.6) is 0 Å². The van der Waals surface area contributed by atoms with Gasteiger partial charge < -0.3 is 5.73 Å². The van der Waals surface area contributed by atoms with Gasteiger partial charge in [0.15, 0.2) is 0 Å². The molecular formula is C20H14N6O4S. The van der Waals surface area contributed by atoms with Crippen LogP contribution < -0.4 is 10.6 Å². The summed E-state index contributed by atoms with van der Waals surface area (Å²) in [5.74, 6) is -0.911. The highest BCUT2D eigenvalue weighted by Gasteiger charge is 2.42. The smallest absolute Gasteiger partial charge is 0.269 e. The number of benzene rings is 1. The summed E-state index contributed by atoms with van der Waals surface area (Å²) in [4.78, 5) is 40.9. The summed E-state index contributed by atoms with van der Waals surface area (Å²) >= 11 is 0.970. The second kappa shape index (κ2) is 7.70. The number of non-ortho nitro benzene ring substituents is 1. The highest BCUT2D eigenvalue weighted by molar-refractivity contribution is 8.00.